The van der Waals surface area contributed by atoms with E-state index in [-0.39, 0.29) is 11.3 Å². The molecule has 0 bridgehead atoms. The van der Waals surface area contributed by atoms with Crippen molar-refractivity contribution in [2.75, 3.05) is 0 Å². The van der Waals surface area contributed by atoms with Crippen LogP contribution in [-0.2, 0) is 0 Å². The first kappa shape index (κ1) is 12.7. The van der Waals surface area contributed by atoms with Gasteiger partial charge in [-0.25, -0.2) is 4.39 Å². The Kier molecular flexibility index (Phi) is 4.05. The number of halogens is 2. The van der Waals surface area contributed by atoms with Crippen molar-refractivity contribution in [3.63, 3.8) is 0 Å². The number of carbonyl (C=O) groups is 1. The molecule has 0 atom stereocenters. The van der Waals surface area contributed by atoms with E-state index in [4.69, 9.17) is 0 Å². The van der Waals surface area contributed by atoms with Crippen LogP contribution in [0, 0.1) is 5.82 Å². The van der Waals surface area contributed by atoms with E-state index in [1.54, 1.807) is 18.2 Å². The molecule has 0 aromatic heterocycles. The molecule has 0 N–H and O–H groups in total. The molecule has 0 radical (unpaired) electrons. The highest BCUT2D eigenvalue weighted by molar-refractivity contribution is 9.10. The molecule has 2 aromatic rings. The van der Waals surface area contributed by atoms with Crippen molar-refractivity contribution in [3.8, 4) is 0 Å². The zero-order valence-electron chi connectivity index (χ0n) is 9.44. The van der Waals surface area contributed by atoms with Crippen LogP contribution in [0.15, 0.2) is 59.1 Å². The molecule has 0 fully saturated rings. The van der Waals surface area contributed by atoms with Gasteiger partial charge >= 0.3 is 0 Å². The summed E-state index contributed by atoms with van der Waals surface area (Å²) < 4.78 is 14.3. The van der Waals surface area contributed by atoms with Gasteiger partial charge in [-0.1, -0.05) is 46.3 Å². The van der Waals surface area contributed by atoms with Crippen molar-refractivity contribution in [1.29, 1.82) is 0 Å². The van der Waals surface area contributed by atoms with Gasteiger partial charge in [0.1, 0.15) is 5.82 Å². The molecule has 2 aromatic carbocycles. The lowest BCUT2D eigenvalue weighted by Gasteiger charge is -1.97. The van der Waals surface area contributed by atoms with Crippen LogP contribution in [0.1, 0.15) is 15.9 Å². The van der Waals surface area contributed by atoms with Gasteiger partial charge in [-0.3, -0.25) is 4.79 Å². The van der Waals surface area contributed by atoms with Gasteiger partial charge in [0.2, 0.25) is 0 Å². The second-order valence-electron chi connectivity index (χ2n) is 3.73. The van der Waals surface area contributed by atoms with Crippen molar-refractivity contribution < 1.29 is 9.18 Å². The summed E-state index contributed by atoms with van der Waals surface area (Å²) in [6.45, 7) is 0. The molecule has 2 rings (SSSR count). The molecule has 1 nitrogen and oxygen atoms in total. The summed E-state index contributed by atoms with van der Waals surface area (Å²) in [7, 11) is 0. The summed E-state index contributed by atoms with van der Waals surface area (Å²) in [5, 5.41) is 0. The lowest BCUT2D eigenvalue weighted by atomic mass is 10.1. The van der Waals surface area contributed by atoms with Crippen molar-refractivity contribution >= 4 is 27.8 Å². The van der Waals surface area contributed by atoms with Gasteiger partial charge in [-0.05, 0) is 35.9 Å². The van der Waals surface area contributed by atoms with E-state index in [0.29, 0.717) is 0 Å². The summed E-state index contributed by atoms with van der Waals surface area (Å²) in [5.41, 5.74) is 0.980. The Morgan fingerprint density at radius 3 is 2.39 bits per heavy atom. The normalized spacial score (nSPS) is 10.8. The molecule has 90 valence electrons. The van der Waals surface area contributed by atoms with Crippen molar-refractivity contribution in [2.24, 2.45) is 0 Å². The monoisotopic (exact) mass is 304 g/mol. The molecule has 3 heteroatoms. The molecule has 0 saturated heterocycles. The van der Waals surface area contributed by atoms with E-state index in [0.717, 1.165) is 10.0 Å². The van der Waals surface area contributed by atoms with Crippen LogP contribution in [0.2, 0.25) is 0 Å². The Bertz CT molecular complexity index is 588. The van der Waals surface area contributed by atoms with E-state index in [9.17, 15) is 9.18 Å². The van der Waals surface area contributed by atoms with E-state index < -0.39 is 5.82 Å². The lowest BCUT2D eigenvalue weighted by molar-refractivity contribution is 0.104. The SMILES string of the molecule is O=C(C=Cc1ccc(Br)cc1)c1ccccc1F. The van der Waals surface area contributed by atoms with Crippen LogP contribution < -0.4 is 0 Å². The molecular formula is C15H10BrFO. The quantitative estimate of drug-likeness (QED) is 0.603. The highest BCUT2D eigenvalue weighted by atomic mass is 79.9. The third-order valence-corrected chi connectivity index (χ3v) is 2.97. The third-order valence-electron chi connectivity index (χ3n) is 2.44. The molecular weight excluding hydrogens is 295 g/mol. The van der Waals surface area contributed by atoms with Crippen molar-refractivity contribution in [1.82, 2.24) is 0 Å². The van der Waals surface area contributed by atoms with E-state index in [2.05, 4.69) is 15.9 Å². The molecule has 0 amide bonds. The maximum absolute atomic E-state index is 13.4. The second kappa shape index (κ2) is 5.74. The number of hydrogen-bond acceptors (Lipinski definition) is 1. The van der Waals surface area contributed by atoms with Gasteiger partial charge in [0.15, 0.2) is 5.78 Å². The number of rotatable bonds is 3. The molecule has 18 heavy (non-hydrogen) atoms. The molecule has 0 spiro atoms. The number of ketones is 1. The standard InChI is InChI=1S/C15H10BrFO/c16-12-8-5-11(6-9-12)7-10-15(18)13-3-1-2-4-14(13)17/h1-10H. The summed E-state index contributed by atoms with van der Waals surface area (Å²) in [6.07, 6.45) is 3.04. The Morgan fingerprint density at radius 1 is 1.06 bits per heavy atom. The highest BCUT2D eigenvalue weighted by Gasteiger charge is 2.06. The molecule has 0 unspecified atom stereocenters. The minimum absolute atomic E-state index is 0.0888. The molecule has 0 aliphatic heterocycles. The predicted octanol–water partition coefficient (Wildman–Crippen LogP) is 4.48. The van der Waals surface area contributed by atoms with Gasteiger partial charge < -0.3 is 0 Å². The van der Waals surface area contributed by atoms with Crippen LogP contribution in [0.4, 0.5) is 4.39 Å². The Morgan fingerprint density at radius 2 is 1.72 bits per heavy atom. The van der Waals surface area contributed by atoms with Crippen LogP contribution >= 0.6 is 15.9 Å². The fourth-order valence-electron chi connectivity index (χ4n) is 1.50. The van der Waals surface area contributed by atoms with E-state index in [1.807, 2.05) is 24.3 Å². The fraction of sp³-hybridized carbons (Fsp3) is 0. The number of carbonyl (C=O) groups excluding carboxylic acids is 1. The number of allylic oxidation sites excluding steroid dienone is 1. The molecule has 0 heterocycles. The summed E-state index contributed by atoms with van der Waals surface area (Å²) in [5.74, 6) is -0.834. The van der Waals surface area contributed by atoms with Crippen LogP contribution in [0.25, 0.3) is 6.08 Å². The molecule has 0 saturated carbocycles. The molecule has 0 aliphatic carbocycles. The average Bonchev–Trinajstić information content (AvgIpc) is 2.38. The fourth-order valence-corrected chi connectivity index (χ4v) is 1.76. The Labute approximate surface area is 113 Å². The Balaban J connectivity index is 2.17. The average molecular weight is 305 g/mol. The third kappa shape index (κ3) is 3.14. The Hall–Kier alpha value is -1.74. The lowest BCUT2D eigenvalue weighted by Crippen LogP contribution is -1.97. The number of hydrogen-bond donors (Lipinski definition) is 0. The summed E-state index contributed by atoms with van der Waals surface area (Å²) in [6, 6.07) is 13.5. The van der Waals surface area contributed by atoms with Crippen molar-refractivity contribution in [3.05, 3.63) is 76.0 Å². The van der Waals surface area contributed by atoms with Gasteiger partial charge in [-0.15, -0.1) is 0 Å². The first-order valence-corrected chi connectivity index (χ1v) is 6.18. The van der Waals surface area contributed by atoms with Gasteiger partial charge in [0.05, 0.1) is 5.56 Å². The maximum Gasteiger partial charge on any atom is 0.188 e. The topological polar surface area (TPSA) is 17.1 Å². The first-order chi connectivity index (χ1) is 8.66. The number of benzene rings is 2. The minimum Gasteiger partial charge on any atom is -0.289 e. The summed E-state index contributed by atoms with van der Waals surface area (Å²) in [4.78, 5) is 11.8. The predicted molar refractivity (Wildman–Crippen MR) is 73.9 cm³/mol. The summed E-state index contributed by atoms with van der Waals surface area (Å²) >= 11 is 3.33. The largest absolute Gasteiger partial charge is 0.289 e. The highest BCUT2D eigenvalue weighted by Crippen LogP contribution is 2.13. The minimum atomic E-state index is -0.497. The second-order valence-corrected chi connectivity index (χ2v) is 4.64. The van der Waals surface area contributed by atoms with Crippen LogP contribution in [0.5, 0.6) is 0 Å². The van der Waals surface area contributed by atoms with Crippen molar-refractivity contribution in [2.45, 2.75) is 0 Å². The van der Waals surface area contributed by atoms with Crippen LogP contribution in [0.3, 0.4) is 0 Å². The maximum atomic E-state index is 13.4. The van der Waals surface area contributed by atoms with E-state index in [1.165, 1.54) is 18.2 Å². The molecule has 0 aliphatic rings. The van der Waals surface area contributed by atoms with E-state index >= 15 is 0 Å². The zero-order valence-corrected chi connectivity index (χ0v) is 11.0. The van der Waals surface area contributed by atoms with Crippen LogP contribution in [-0.4, -0.2) is 5.78 Å². The van der Waals surface area contributed by atoms with Gasteiger partial charge in [0, 0.05) is 4.47 Å². The smallest absolute Gasteiger partial charge is 0.188 e. The van der Waals surface area contributed by atoms with Gasteiger partial charge in [0.25, 0.3) is 0 Å². The first-order valence-electron chi connectivity index (χ1n) is 5.39. The zero-order chi connectivity index (χ0) is 13.0. The van der Waals surface area contributed by atoms with Gasteiger partial charge in [-0.2, -0.15) is 0 Å².